The Morgan fingerprint density at radius 1 is 1.08 bits per heavy atom. The molecule has 0 atom stereocenters. The Hall–Kier alpha value is -4.00. The summed E-state index contributed by atoms with van der Waals surface area (Å²) < 4.78 is 13.3. The Kier molecular flexibility index (Phi) is 6.67. The van der Waals surface area contributed by atoms with Gasteiger partial charge in [0, 0.05) is 29.2 Å². The number of amides is 1. The fraction of sp³-hybridized carbons (Fsp3) is 0.310. The molecule has 1 aliphatic heterocycles. The number of ether oxygens (including phenoxy) is 1. The minimum atomic E-state index is -0.578. The van der Waals surface area contributed by atoms with Gasteiger partial charge in [-0.3, -0.25) is 4.79 Å². The van der Waals surface area contributed by atoms with E-state index in [-0.39, 0.29) is 24.7 Å². The van der Waals surface area contributed by atoms with Crippen molar-refractivity contribution in [3.63, 3.8) is 0 Å². The van der Waals surface area contributed by atoms with E-state index in [0.29, 0.717) is 39.3 Å². The maximum absolute atomic E-state index is 13.4. The van der Waals surface area contributed by atoms with Crippen LogP contribution in [0.5, 0.6) is 5.75 Å². The first-order valence-electron chi connectivity index (χ1n) is 12.0. The van der Waals surface area contributed by atoms with E-state index >= 15 is 0 Å². The number of hydrogen-bond donors (Lipinski definition) is 1. The van der Waals surface area contributed by atoms with Gasteiger partial charge in [-0.05, 0) is 55.3 Å². The number of anilines is 1. The minimum Gasteiger partial charge on any atom is -0.453 e. The molecule has 2 aromatic rings. The number of esters is 1. The molecule has 36 heavy (non-hydrogen) atoms. The molecule has 7 nitrogen and oxygen atoms in total. The summed E-state index contributed by atoms with van der Waals surface area (Å²) in [5.41, 5.74) is 10.7. The number of fused-ring (bicyclic) bond motifs is 2. The summed E-state index contributed by atoms with van der Waals surface area (Å²) in [6, 6.07) is 14.7. The van der Waals surface area contributed by atoms with Crippen molar-refractivity contribution in [3.05, 3.63) is 70.6 Å². The van der Waals surface area contributed by atoms with Crippen molar-refractivity contribution in [3.8, 4) is 17.2 Å². The molecular formula is C29H32N3O4+. The third-order valence-corrected chi connectivity index (χ3v) is 6.37. The molecule has 0 saturated heterocycles. The molecule has 0 spiro atoms. The van der Waals surface area contributed by atoms with Crippen LogP contribution in [0.1, 0.15) is 50.3 Å². The molecule has 7 heteroatoms. The van der Waals surface area contributed by atoms with Gasteiger partial charge < -0.3 is 14.9 Å². The van der Waals surface area contributed by atoms with E-state index < -0.39 is 5.41 Å². The Morgan fingerprint density at radius 2 is 1.83 bits per heavy atom. The van der Waals surface area contributed by atoms with Crippen LogP contribution in [0.25, 0.3) is 22.6 Å². The predicted molar refractivity (Wildman–Crippen MR) is 141 cm³/mol. The summed E-state index contributed by atoms with van der Waals surface area (Å²) in [7, 11) is 1.74. The first-order chi connectivity index (χ1) is 17.0. The molecule has 1 aliphatic carbocycles. The Morgan fingerprint density at radius 3 is 2.56 bits per heavy atom. The van der Waals surface area contributed by atoms with Crippen LogP contribution in [0, 0.1) is 13.8 Å². The van der Waals surface area contributed by atoms with Crippen molar-refractivity contribution in [1.29, 1.82) is 0 Å². The normalized spacial score (nSPS) is 12.6. The standard InChI is InChI=1S/C29H32N3O4/c1-7-27(34)36-25-13-17(2)12-18(3)28(25)29(4,5)16-26(33)32(6)20-9-10-21-24(15-20)35-23-11-8-19(30)14-22(23)31-21/h8-15H,7,16,30H2,1-6H3/q+1. The fourth-order valence-electron chi connectivity index (χ4n) is 4.64. The van der Waals surface area contributed by atoms with Crippen LogP contribution < -0.4 is 20.4 Å². The Balaban J connectivity index is 1.71. The summed E-state index contributed by atoms with van der Waals surface area (Å²) in [5, 5.41) is 0.696. The SMILES string of the molecule is CCC(=O)Oc1cc(C)cc(C)c1C(C)(C)CC(=O)[N+](C)=c1ccc2nc3cc(N)ccc3oc-2c1. The highest BCUT2D eigenvalue weighted by Crippen LogP contribution is 2.38. The van der Waals surface area contributed by atoms with E-state index in [0.717, 1.165) is 16.7 Å². The van der Waals surface area contributed by atoms with Gasteiger partial charge in [-0.1, -0.05) is 26.8 Å². The molecular weight excluding hydrogens is 454 g/mol. The summed E-state index contributed by atoms with van der Waals surface area (Å²) in [6.07, 6.45) is 0.494. The van der Waals surface area contributed by atoms with Crippen LogP contribution in [0.15, 0.2) is 52.9 Å². The largest absolute Gasteiger partial charge is 0.453 e. The molecule has 0 saturated carbocycles. The van der Waals surface area contributed by atoms with E-state index in [1.54, 1.807) is 36.7 Å². The number of rotatable bonds is 5. The summed E-state index contributed by atoms with van der Waals surface area (Å²) in [4.78, 5) is 30.2. The van der Waals surface area contributed by atoms with Crippen LogP contribution in [0.2, 0.25) is 0 Å². The van der Waals surface area contributed by atoms with Crippen LogP contribution in [-0.2, 0) is 15.0 Å². The molecule has 4 rings (SSSR count). The quantitative estimate of drug-likeness (QED) is 0.144. The van der Waals surface area contributed by atoms with Crippen molar-refractivity contribution in [2.24, 2.45) is 0 Å². The van der Waals surface area contributed by atoms with Gasteiger partial charge in [0.1, 0.15) is 24.0 Å². The third-order valence-electron chi connectivity index (χ3n) is 6.37. The van der Waals surface area contributed by atoms with Crippen LogP contribution in [0.4, 0.5) is 5.69 Å². The molecule has 1 amide bonds. The average molecular weight is 487 g/mol. The van der Waals surface area contributed by atoms with Gasteiger partial charge in [-0.25, -0.2) is 9.78 Å². The van der Waals surface area contributed by atoms with E-state index in [2.05, 4.69) is 4.98 Å². The lowest BCUT2D eigenvalue weighted by atomic mass is 9.78. The van der Waals surface area contributed by atoms with Gasteiger partial charge in [0.05, 0.1) is 12.5 Å². The zero-order valence-electron chi connectivity index (χ0n) is 21.6. The number of nitrogens with zero attached hydrogens (tertiary/aromatic N) is 2. The van der Waals surface area contributed by atoms with Crippen molar-refractivity contribution in [2.45, 2.75) is 52.9 Å². The second-order valence-corrected chi connectivity index (χ2v) is 9.89. The van der Waals surface area contributed by atoms with Crippen molar-refractivity contribution in [2.75, 3.05) is 12.8 Å². The first-order valence-corrected chi connectivity index (χ1v) is 12.0. The molecule has 2 aromatic carbocycles. The number of nitrogens with two attached hydrogens (primary N) is 1. The first kappa shape index (κ1) is 25.1. The lowest BCUT2D eigenvalue weighted by molar-refractivity contribution is -0.134. The lowest BCUT2D eigenvalue weighted by Crippen LogP contribution is -2.36. The van der Waals surface area contributed by atoms with E-state index in [9.17, 15) is 9.59 Å². The third kappa shape index (κ3) is 5.00. The molecule has 0 fully saturated rings. The molecule has 1 heterocycles. The highest BCUT2D eigenvalue weighted by molar-refractivity contribution is 5.81. The molecule has 0 aromatic heterocycles. The number of benzene rings is 3. The van der Waals surface area contributed by atoms with Gasteiger partial charge in [0.2, 0.25) is 5.36 Å². The van der Waals surface area contributed by atoms with E-state index in [1.807, 2.05) is 58.0 Å². The Labute approximate surface area is 210 Å². The number of nitrogen functional groups attached to an aromatic ring is 1. The second kappa shape index (κ2) is 9.57. The number of carbonyl (C=O) groups is 2. The maximum Gasteiger partial charge on any atom is 0.388 e. The number of carbonyl (C=O) groups excluding carboxylic acids is 2. The fourth-order valence-corrected chi connectivity index (χ4v) is 4.64. The molecule has 0 unspecified atom stereocenters. The lowest BCUT2D eigenvalue weighted by Gasteiger charge is -2.27. The topological polar surface area (TPSA) is 98.4 Å². The van der Waals surface area contributed by atoms with E-state index in [1.165, 1.54) is 0 Å². The molecule has 186 valence electrons. The van der Waals surface area contributed by atoms with Crippen LogP contribution in [0.3, 0.4) is 0 Å². The van der Waals surface area contributed by atoms with Crippen molar-refractivity contribution >= 4 is 28.7 Å². The monoisotopic (exact) mass is 486 g/mol. The van der Waals surface area contributed by atoms with Gasteiger partial charge in [0.25, 0.3) is 0 Å². The van der Waals surface area contributed by atoms with Gasteiger partial charge in [-0.2, -0.15) is 4.58 Å². The Bertz CT molecular complexity index is 1530. The smallest absolute Gasteiger partial charge is 0.388 e. The predicted octanol–water partition coefficient (Wildman–Crippen LogP) is 4.74. The number of aromatic nitrogens is 1. The van der Waals surface area contributed by atoms with Crippen LogP contribution in [-0.4, -0.2) is 23.9 Å². The second-order valence-electron chi connectivity index (χ2n) is 9.89. The summed E-state index contributed by atoms with van der Waals surface area (Å²) in [6.45, 7) is 9.70. The van der Waals surface area contributed by atoms with Gasteiger partial charge >= 0.3 is 11.9 Å². The highest BCUT2D eigenvalue weighted by Gasteiger charge is 2.33. The zero-order valence-corrected chi connectivity index (χ0v) is 21.6. The van der Waals surface area contributed by atoms with Crippen molar-refractivity contribution < 1.29 is 18.7 Å². The van der Waals surface area contributed by atoms with Crippen LogP contribution >= 0.6 is 0 Å². The van der Waals surface area contributed by atoms with Gasteiger partial charge in [-0.15, -0.1) is 0 Å². The summed E-state index contributed by atoms with van der Waals surface area (Å²) in [5.74, 6) is 0.715. The number of aryl methyl sites for hydroxylation is 2. The zero-order chi connectivity index (χ0) is 26.2. The van der Waals surface area contributed by atoms with Gasteiger partial charge in [0.15, 0.2) is 11.3 Å². The molecule has 0 radical (unpaired) electrons. The minimum absolute atomic E-state index is 0.0754. The summed E-state index contributed by atoms with van der Waals surface area (Å²) >= 11 is 0. The van der Waals surface area contributed by atoms with Crippen molar-refractivity contribution in [1.82, 2.24) is 9.56 Å². The molecule has 0 bridgehead atoms. The number of hydrogen-bond acceptors (Lipinski definition) is 6. The van der Waals surface area contributed by atoms with E-state index in [4.69, 9.17) is 14.9 Å². The highest BCUT2D eigenvalue weighted by atomic mass is 16.5. The maximum atomic E-state index is 13.4. The molecule has 2 aliphatic rings. The average Bonchev–Trinajstić information content (AvgIpc) is 2.80. The molecule has 2 N–H and O–H groups in total.